The number of aromatic nitrogens is 2. The SMILES string of the molecule is C1=CCc2c(c(-c3ccncc3)c3ccccc3c2-c2ccc(-c3ccc4oc5cc6ccccc6cc5c4c3)nc2)C=C1. The molecule has 3 heterocycles. The molecule has 0 amide bonds. The molecule has 3 aromatic heterocycles. The molecule has 0 unspecified atom stereocenters. The van der Waals surface area contributed by atoms with Gasteiger partial charge in [-0.15, -0.1) is 0 Å². The molecule has 0 atom stereocenters. The summed E-state index contributed by atoms with van der Waals surface area (Å²) >= 11 is 0. The number of pyridine rings is 2. The fourth-order valence-electron chi connectivity index (χ4n) is 6.82. The summed E-state index contributed by atoms with van der Waals surface area (Å²) in [6, 6.07) is 36.5. The van der Waals surface area contributed by atoms with Crippen LogP contribution >= 0.6 is 0 Å². The second kappa shape index (κ2) is 9.89. The van der Waals surface area contributed by atoms with Crippen LogP contribution in [0.25, 0.3) is 83.1 Å². The van der Waals surface area contributed by atoms with Crippen molar-refractivity contribution in [3.05, 3.63) is 151 Å². The predicted molar refractivity (Wildman–Crippen MR) is 183 cm³/mol. The Morgan fingerprint density at radius 2 is 1.32 bits per heavy atom. The molecule has 0 aliphatic heterocycles. The van der Waals surface area contributed by atoms with E-state index in [9.17, 15) is 0 Å². The third-order valence-electron chi connectivity index (χ3n) is 8.85. The van der Waals surface area contributed by atoms with Crippen molar-refractivity contribution in [1.82, 2.24) is 9.97 Å². The molecular weight excluding hydrogens is 536 g/mol. The highest BCUT2D eigenvalue weighted by atomic mass is 16.3. The summed E-state index contributed by atoms with van der Waals surface area (Å²) in [4.78, 5) is 9.31. The average molecular weight is 563 g/mol. The van der Waals surface area contributed by atoms with Crippen LogP contribution in [0.4, 0.5) is 0 Å². The van der Waals surface area contributed by atoms with E-state index in [1.807, 2.05) is 18.6 Å². The molecule has 0 fully saturated rings. The number of furan rings is 1. The Kier molecular flexibility index (Phi) is 5.57. The zero-order chi connectivity index (χ0) is 29.0. The highest BCUT2D eigenvalue weighted by molar-refractivity contribution is 6.12. The molecule has 9 rings (SSSR count). The molecule has 0 N–H and O–H groups in total. The summed E-state index contributed by atoms with van der Waals surface area (Å²) in [5.74, 6) is 0. The number of fused-ring (bicyclic) bond motifs is 6. The van der Waals surface area contributed by atoms with Crippen LogP contribution in [0, 0.1) is 0 Å². The normalized spacial score (nSPS) is 12.7. The first kappa shape index (κ1) is 24.8. The summed E-state index contributed by atoms with van der Waals surface area (Å²) in [6.45, 7) is 0. The van der Waals surface area contributed by atoms with E-state index >= 15 is 0 Å². The third kappa shape index (κ3) is 3.90. The molecular formula is C41H26N2O. The van der Waals surface area contributed by atoms with Crippen LogP contribution in [0.2, 0.25) is 0 Å². The highest BCUT2D eigenvalue weighted by Crippen LogP contribution is 2.44. The molecule has 3 nitrogen and oxygen atoms in total. The Hall–Kier alpha value is -5.80. The molecule has 0 radical (unpaired) electrons. The molecule has 0 spiro atoms. The summed E-state index contributed by atoms with van der Waals surface area (Å²) in [5.41, 5.74) is 11.2. The van der Waals surface area contributed by atoms with Gasteiger partial charge in [0.05, 0.1) is 5.69 Å². The number of benzene rings is 5. The minimum atomic E-state index is 0.848. The number of rotatable bonds is 3. The van der Waals surface area contributed by atoms with Gasteiger partial charge in [0.15, 0.2) is 0 Å². The smallest absolute Gasteiger partial charge is 0.136 e. The monoisotopic (exact) mass is 562 g/mol. The molecule has 0 bridgehead atoms. The van der Waals surface area contributed by atoms with Gasteiger partial charge in [-0.1, -0.05) is 78.9 Å². The Balaban J connectivity index is 1.20. The Bertz CT molecular complexity index is 2450. The van der Waals surface area contributed by atoms with Gasteiger partial charge < -0.3 is 4.42 Å². The van der Waals surface area contributed by atoms with Gasteiger partial charge in [0.1, 0.15) is 11.2 Å². The Labute approximate surface area is 254 Å². The average Bonchev–Trinajstić information content (AvgIpc) is 3.25. The van der Waals surface area contributed by atoms with E-state index in [0.29, 0.717) is 0 Å². The first-order chi connectivity index (χ1) is 21.8. The van der Waals surface area contributed by atoms with E-state index in [2.05, 4.69) is 132 Å². The zero-order valence-electron chi connectivity index (χ0n) is 23.9. The van der Waals surface area contributed by atoms with Gasteiger partial charge in [-0.2, -0.15) is 0 Å². The third-order valence-corrected chi connectivity index (χ3v) is 8.85. The lowest BCUT2D eigenvalue weighted by Gasteiger charge is -2.21. The second-order valence-corrected chi connectivity index (χ2v) is 11.4. The molecule has 206 valence electrons. The van der Waals surface area contributed by atoms with Crippen molar-refractivity contribution in [2.45, 2.75) is 6.42 Å². The van der Waals surface area contributed by atoms with Gasteiger partial charge in [0.2, 0.25) is 0 Å². The highest BCUT2D eigenvalue weighted by Gasteiger charge is 2.20. The molecule has 1 aliphatic rings. The molecule has 3 heteroatoms. The van der Waals surface area contributed by atoms with E-state index in [0.717, 1.165) is 45.2 Å². The van der Waals surface area contributed by atoms with E-state index in [1.54, 1.807) is 0 Å². The first-order valence-corrected chi connectivity index (χ1v) is 14.9. The van der Waals surface area contributed by atoms with E-state index < -0.39 is 0 Å². The Morgan fingerprint density at radius 1 is 0.568 bits per heavy atom. The van der Waals surface area contributed by atoms with Crippen LogP contribution in [0.1, 0.15) is 11.1 Å². The van der Waals surface area contributed by atoms with Crippen molar-refractivity contribution in [2.75, 3.05) is 0 Å². The van der Waals surface area contributed by atoms with Gasteiger partial charge in [-0.25, -0.2) is 0 Å². The van der Waals surface area contributed by atoms with E-state index in [-0.39, 0.29) is 0 Å². The van der Waals surface area contributed by atoms with Crippen molar-refractivity contribution in [1.29, 1.82) is 0 Å². The van der Waals surface area contributed by atoms with Crippen molar-refractivity contribution >= 4 is 49.6 Å². The largest absolute Gasteiger partial charge is 0.456 e. The van der Waals surface area contributed by atoms with Crippen LogP contribution < -0.4 is 0 Å². The summed E-state index contributed by atoms with van der Waals surface area (Å²) in [7, 11) is 0. The van der Waals surface area contributed by atoms with Gasteiger partial charge in [-0.05, 0) is 104 Å². The fourth-order valence-corrected chi connectivity index (χ4v) is 6.82. The maximum absolute atomic E-state index is 6.24. The predicted octanol–water partition coefficient (Wildman–Crippen LogP) is 10.8. The quantitative estimate of drug-likeness (QED) is 0.215. The van der Waals surface area contributed by atoms with Crippen molar-refractivity contribution in [2.24, 2.45) is 0 Å². The van der Waals surface area contributed by atoms with Gasteiger partial charge in [0, 0.05) is 40.5 Å². The van der Waals surface area contributed by atoms with Crippen molar-refractivity contribution in [3.8, 4) is 33.5 Å². The summed E-state index contributed by atoms with van der Waals surface area (Å²) < 4.78 is 6.24. The molecule has 1 aliphatic carbocycles. The fraction of sp³-hybridized carbons (Fsp3) is 0.0244. The lowest BCUT2D eigenvalue weighted by Crippen LogP contribution is -1.99. The number of allylic oxidation sites excluding steroid dienone is 3. The first-order valence-electron chi connectivity index (χ1n) is 14.9. The number of hydrogen-bond acceptors (Lipinski definition) is 3. The molecule has 0 saturated heterocycles. The van der Waals surface area contributed by atoms with Crippen molar-refractivity contribution in [3.63, 3.8) is 0 Å². The molecule has 5 aromatic carbocycles. The van der Waals surface area contributed by atoms with Gasteiger partial charge >= 0.3 is 0 Å². The molecule has 44 heavy (non-hydrogen) atoms. The minimum absolute atomic E-state index is 0.848. The molecule has 0 saturated carbocycles. The van der Waals surface area contributed by atoms with Gasteiger partial charge in [0.25, 0.3) is 0 Å². The maximum Gasteiger partial charge on any atom is 0.136 e. The van der Waals surface area contributed by atoms with Crippen LogP contribution in [0.3, 0.4) is 0 Å². The van der Waals surface area contributed by atoms with Crippen LogP contribution in [-0.2, 0) is 6.42 Å². The van der Waals surface area contributed by atoms with Crippen LogP contribution in [-0.4, -0.2) is 9.97 Å². The summed E-state index contributed by atoms with van der Waals surface area (Å²) in [5, 5.41) is 7.09. The summed E-state index contributed by atoms with van der Waals surface area (Å²) in [6.07, 6.45) is 15.4. The number of hydrogen-bond donors (Lipinski definition) is 0. The maximum atomic E-state index is 6.24. The van der Waals surface area contributed by atoms with Crippen LogP contribution in [0.15, 0.2) is 144 Å². The second-order valence-electron chi connectivity index (χ2n) is 11.4. The zero-order valence-corrected chi connectivity index (χ0v) is 23.9. The van der Waals surface area contributed by atoms with Crippen molar-refractivity contribution < 1.29 is 4.42 Å². The number of nitrogens with zero attached hydrogens (tertiary/aromatic N) is 2. The lowest BCUT2D eigenvalue weighted by molar-refractivity contribution is 0.669. The van der Waals surface area contributed by atoms with Crippen LogP contribution in [0.5, 0.6) is 0 Å². The van der Waals surface area contributed by atoms with Gasteiger partial charge in [-0.3, -0.25) is 9.97 Å². The minimum Gasteiger partial charge on any atom is -0.456 e. The topological polar surface area (TPSA) is 38.9 Å². The Morgan fingerprint density at radius 3 is 2.14 bits per heavy atom. The standard InChI is InChI=1S/C41H26N2O/c1-2-10-31-33(11-3-1)41(34-13-7-6-12-32(34)40(31)26-18-20-42-21-19-26)30-14-16-37(43-25-30)29-15-17-38-35(23-29)36-22-27-8-4-5-9-28(27)24-39(36)44-38/h1-10,12-25H,11H2. The lowest BCUT2D eigenvalue weighted by atomic mass is 9.83. The molecule has 8 aromatic rings. The van der Waals surface area contributed by atoms with E-state index in [1.165, 1.54) is 49.4 Å². The van der Waals surface area contributed by atoms with E-state index in [4.69, 9.17) is 9.40 Å².